The average molecular weight is 415 g/mol. The number of alkyl halides is 3. The number of aromatic nitrogens is 2. The Bertz CT molecular complexity index is 1030. The molecule has 28 heavy (non-hydrogen) atoms. The number of carbonyl (C=O) groups is 1. The Kier molecular flexibility index (Phi) is 5.37. The van der Waals surface area contributed by atoms with Crippen LogP contribution in [0.4, 0.5) is 32.4 Å². The van der Waals surface area contributed by atoms with E-state index in [2.05, 4.69) is 16.5 Å². The number of amides is 1. The monoisotopic (exact) mass is 414 g/mol. The molecule has 0 aliphatic carbocycles. The van der Waals surface area contributed by atoms with Crippen molar-refractivity contribution in [2.45, 2.75) is 11.8 Å². The van der Waals surface area contributed by atoms with Crippen molar-refractivity contribution < 1.29 is 26.7 Å². The van der Waals surface area contributed by atoms with Crippen molar-refractivity contribution in [3.63, 3.8) is 0 Å². The van der Waals surface area contributed by atoms with E-state index in [9.17, 15) is 26.7 Å². The molecule has 0 unspecified atom stereocenters. The number of carbonyl (C=O) groups excluding carboxylic acids is 1. The Morgan fingerprint density at radius 2 is 1.79 bits per heavy atom. The predicted octanol–water partition coefficient (Wildman–Crippen LogP) is 5.22. The normalized spacial score (nSPS) is 11.5. The molecule has 1 radical (unpaired) electrons. The number of para-hydroxylation sites is 1. The Labute approximate surface area is 160 Å². The zero-order valence-corrected chi connectivity index (χ0v) is 14.6. The third-order valence-electron chi connectivity index (χ3n) is 3.63. The number of nitrogens with one attached hydrogen (secondary N) is 1. The van der Waals surface area contributed by atoms with Gasteiger partial charge in [0.15, 0.2) is 11.6 Å². The third-order valence-corrected chi connectivity index (χ3v) is 3.76. The molecule has 10 heteroatoms. The van der Waals surface area contributed by atoms with Gasteiger partial charge in [0.1, 0.15) is 5.82 Å². The van der Waals surface area contributed by atoms with Crippen LogP contribution in [0.3, 0.4) is 0 Å². The van der Waals surface area contributed by atoms with Crippen molar-refractivity contribution in [1.82, 2.24) is 9.78 Å². The maximum atomic E-state index is 14.1. The second kappa shape index (κ2) is 7.59. The second-order valence-corrected chi connectivity index (χ2v) is 6.23. The maximum Gasteiger partial charge on any atom is 0.346 e. The molecule has 0 saturated heterocycles. The highest BCUT2D eigenvalue weighted by atomic mass is 35.5. The van der Waals surface area contributed by atoms with E-state index in [0.717, 1.165) is 6.20 Å². The highest BCUT2D eigenvalue weighted by molar-refractivity contribution is 6.21. The van der Waals surface area contributed by atoms with Crippen LogP contribution in [0.1, 0.15) is 5.69 Å². The summed E-state index contributed by atoms with van der Waals surface area (Å²) in [6.07, 6.45) is 0.0968. The summed E-state index contributed by atoms with van der Waals surface area (Å²) in [7, 11) is 0. The van der Waals surface area contributed by atoms with Crippen molar-refractivity contribution in [2.75, 3.05) is 5.32 Å². The summed E-state index contributed by atoms with van der Waals surface area (Å²) in [4.78, 5) is 12.3. The molecule has 3 rings (SSSR count). The molecule has 0 atom stereocenters. The number of rotatable bonds is 4. The van der Waals surface area contributed by atoms with Gasteiger partial charge < -0.3 is 5.32 Å². The lowest BCUT2D eigenvalue weighted by Crippen LogP contribution is -2.21. The van der Waals surface area contributed by atoms with Gasteiger partial charge in [0.2, 0.25) is 0 Å². The van der Waals surface area contributed by atoms with Gasteiger partial charge in [-0.3, -0.25) is 0 Å². The van der Waals surface area contributed by atoms with Gasteiger partial charge in [-0.2, -0.15) is 18.6 Å². The molecule has 3 aromatic rings. The summed E-state index contributed by atoms with van der Waals surface area (Å²) >= 11 is 4.82. The van der Waals surface area contributed by atoms with E-state index in [1.54, 1.807) is 0 Å². The lowest BCUT2D eigenvalue weighted by Gasteiger charge is -2.12. The SMILES string of the molecule is O=C(Nc1ccccc1-c1cc(F)c(F)cc1F)n1c[c]c(CC(F)(F)Cl)n1. The average Bonchev–Trinajstić information content (AvgIpc) is 3.05. The maximum absolute atomic E-state index is 14.1. The van der Waals surface area contributed by atoms with Crippen molar-refractivity contribution in [1.29, 1.82) is 0 Å². The standard InChI is InChI=1S/C18H10ClF5N3O/c19-18(23,24)9-10-5-6-27(26-10)17(28)25-16-4-2-1-3-11(16)12-7-14(21)15(22)8-13(12)20/h1-4,6-8H,9H2,(H,25,28). The molecular weight excluding hydrogens is 405 g/mol. The fourth-order valence-electron chi connectivity index (χ4n) is 2.43. The van der Waals surface area contributed by atoms with E-state index in [1.807, 2.05) is 0 Å². The van der Waals surface area contributed by atoms with Crippen LogP contribution in [0.25, 0.3) is 11.1 Å². The summed E-state index contributed by atoms with van der Waals surface area (Å²) in [6.45, 7) is 0. The third kappa shape index (κ3) is 4.48. The molecule has 0 aliphatic rings. The minimum Gasteiger partial charge on any atom is -0.305 e. The van der Waals surface area contributed by atoms with Gasteiger partial charge in [-0.25, -0.2) is 18.0 Å². The van der Waals surface area contributed by atoms with Gasteiger partial charge in [-0.15, -0.1) is 0 Å². The predicted molar refractivity (Wildman–Crippen MR) is 91.7 cm³/mol. The van der Waals surface area contributed by atoms with Crippen LogP contribution in [-0.4, -0.2) is 21.2 Å². The van der Waals surface area contributed by atoms with Crippen molar-refractivity contribution in [3.8, 4) is 11.1 Å². The molecule has 0 fully saturated rings. The molecule has 1 heterocycles. The van der Waals surface area contributed by atoms with E-state index >= 15 is 0 Å². The minimum absolute atomic E-state index is 0.0668. The first-order chi connectivity index (χ1) is 13.1. The largest absolute Gasteiger partial charge is 0.346 e. The van der Waals surface area contributed by atoms with E-state index in [1.165, 1.54) is 24.3 Å². The number of anilines is 1. The van der Waals surface area contributed by atoms with Gasteiger partial charge in [-0.1, -0.05) is 18.2 Å². The first-order valence-electron chi connectivity index (χ1n) is 7.72. The molecule has 0 saturated carbocycles. The van der Waals surface area contributed by atoms with Crippen LogP contribution >= 0.6 is 11.6 Å². The number of hydrogen-bond donors (Lipinski definition) is 1. The molecule has 1 amide bonds. The fourth-order valence-corrected chi connectivity index (χ4v) is 2.56. The van der Waals surface area contributed by atoms with E-state index < -0.39 is 35.3 Å². The van der Waals surface area contributed by atoms with Crippen molar-refractivity contribution in [2.24, 2.45) is 0 Å². The Morgan fingerprint density at radius 3 is 2.50 bits per heavy atom. The van der Waals surface area contributed by atoms with Crippen LogP contribution in [0.5, 0.6) is 0 Å². The molecule has 2 aromatic carbocycles. The number of hydrogen-bond acceptors (Lipinski definition) is 2. The molecule has 1 N–H and O–H groups in total. The van der Waals surface area contributed by atoms with E-state index in [0.29, 0.717) is 16.8 Å². The first kappa shape index (κ1) is 19.8. The van der Waals surface area contributed by atoms with Crippen LogP contribution in [0.15, 0.2) is 42.6 Å². The van der Waals surface area contributed by atoms with Gasteiger partial charge in [-0.05, 0) is 23.7 Å². The minimum atomic E-state index is -3.54. The summed E-state index contributed by atoms with van der Waals surface area (Å²) in [5, 5.41) is 2.50. The van der Waals surface area contributed by atoms with Gasteiger partial charge in [0.25, 0.3) is 0 Å². The lowest BCUT2D eigenvalue weighted by atomic mass is 10.0. The molecule has 0 spiro atoms. The topological polar surface area (TPSA) is 46.9 Å². The molecule has 0 aliphatic heterocycles. The van der Waals surface area contributed by atoms with Crippen LogP contribution in [-0.2, 0) is 6.42 Å². The zero-order chi connectivity index (χ0) is 20.5. The zero-order valence-electron chi connectivity index (χ0n) is 13.8. The Balaban J connectivity index is 1.88. The number of halogens is 6. The summed E-state index contributed by atoms with van der Waals surface area (Å²) < 4.78 is 67.1. The van der Waals surface area contributed by atoms with Crippen LogP contribution < -0.4 is 5.32 Å². The number of benzene rings is 2. The smallest absolute Gasteiger partial charge is 0.305 e. The molecule has 0 bridgehead atoms. The lowest BCUT2D eigenvalue weighted by molar-refractivity contribution is 0.0956. The highest BCUT2D eigenvalue weighted by Gasteiger charge is 2.27. The first-order valence-corrected chi connectivity index (χ1v) is 8.10. The Morgan fingerprint density at radius 1 is 1.11 bits per heavy atom. The summed E-state index contributed by atoms with van der Waals surface area (Å²) in [5.41, 5.74) is -0.368. The quantitative estimate of drug-likeness (QED) is 0.361. The van der Waals surface area contributed by atoms with Gasteiger partial charge in [0.05, 0.1) is 17.8 Å². The van der Waals surface area contributed by atoms with Crippen molar-refractivity contribution >= 4 is 23.3 Å². The number of nitrogens with zero attached hydrogens (tertiary/aromatic N) is 2. The Hall–Kier alpha value is -2.94. The fraction of sp³-hybridized carbons (Fsp3) is 0.111. The highest BCUT2D eigenvalue weighted by Crippen LogP contribution is 2.31. The molecule has 1 aromatic heterocycles. The molecule has 145 valence electrons. The molecular formula is C18H10ClF5N3O. The van der Waals surface area contributed by atoms with Crippen LogP contribution in [0, 0.1) is 23.5 Å². The second-order valence-electron chi connectivity index (χ2n) is 5.68. The van der Waals surface area contributed by atoms with Gasteiger partial charge >= 0.3 is 11.4 Å². The van der Waals surface area contributed by atoms with E-state index in [4.69, 9.17) is 11.6 Å². The molecule has 4 nitrogen and oxygen atoms in total. The summed E-state index contributed by atoms with van der Waals surface area (Å²) in [5.74, 6) is -3.64. The summed E-state index contributed by atoms with van der Waals surface area (Å²) in [6, 6.07) is 8.38. The van der Waals surface area contributed by atoms with Gasteiger partial charge in [0, 0.05) is 29.5 Å². The van der Waals surface area contributed by atoms with Crippen LogP contribution in [0.2, 0.25) is 0 Å². The van der Waals surface area contributed by atoms with E-state index in [-0.39, 0.29) is 22.5 Å². The van der Waals surface area contributed by atoms with Crippen molar-refractivity contribution in [3.05, 3.63) is 71.8 Å².